The van der Waals surface area contributed by atoms with Crippen molar-refractivity contribution in [2.75, 3.05) is 10.8 Å². The molecular weight excluding hydrogens is 582 g/mol. The van der Waals surface area contributed by atoms with Gasteiger partial charge in [0.05, 0.1) is 10.6 Å². The first kappa shape index (κ1) is 33.5. The summed E-state index contributed by atoms with van der Waals surface area (Å²) in [5, 5.41) is 3.07. The first-order valence-corrected chi connectivity index (χ1v) is 16.5. The van der Waals surface area contributed by atoms with E-state index in [0.29, 0.717) is 5.69 Å². The van der Waals surface area contributed by atoms with Crippen LogP contribution in [-0.4, -0.2) is 43.3 Å². The highest BCUT2D eigenvalue weighted by molar-refractivity contribution is 7.92. The van der Waals surface area contributed by atoms with Gasteiger partial charge in [-0.25, -0.2) is 8.42 Å². The molecule has 1 N–H and O–H groups in total. The van der Waals surface area contributed by atoms with Crippen molar-refractivity contribution in [3.8, 4) is 0 Å². The van der Waals surface area contributed by atoms with E-state index in [1.54, 1.807) is 30.3 Å². The largest absolute Gasteiger partial charge is 0.350 e. The van der Waals surface area contributed by atoms with Crippen molar-refractivity contribution in [1.82, 2.24) is 10.2 Å². The summed E-state index contributed by atoms with van der Waals surface area (Å²) in [5.41, 5.74) is 4.30. The van der Waals surface area contributed by atoms with E-state index < -0.39 is 34.1 Å². The predicted molar refractivity (Wildman–Crippen MR) is 180 cm³/mol. The first-order valence-electron chi connectivity index (χ1n) is 15.1. The summed E-state index contributed by atoms with van der Waals surface area (Å²) in [6.07, 6.45) is 0.259. The molecule has 0 fully saturated rings. The molecule has 0 saturated carbocycles. The lowest BCUT2D eigenvalue weighted by atomic mass is 10.00. The number of sulfonamides is 1. The van der Waals surface area contributed by atoms with Crippen LogP contribution in [0.2, 0.25) is 0 Å². The molecule has 7 nitrogen and oxygen atoms in total. The number of benzene rings is 4. The first-order chi connectivity index (χ1) is 21.2. The Morgan fingerprint density at radius 1 is 0.778 bits per heavy atom. The van der Waals surface area contributed by atoms with Crippen molar-refractivity contribution in [2.45, 2.75) is 71.0 Å². The molecule has 0 aromatic heterocycles. The Kier molecular flexibility index (Phi) is 10.5. The maximum Gasteiger partial charge on any atom is 0.264 e. The maximum absolute atomic E-state index is 14.6. The standard InChI is InChI=1S/C37H43N3O4S/c1-27-21-28(2)23-32(22-27)40(45(43,44)33-19-11-8-12-20-33)26-35(41)39(25-31-18-14-13-15-29(31)3)34(36(42)38-37(4,5)6)24-30-16-9-7-10-17-30/h7-23,34H,24-26H2,1-6H3,(H,38,42)/t34-/m1/s1. The third-order valence-electron chi connectivity index (χ3n) is 7.48. The van der Waals surface area contributed by atoms with E-state index in [0.717, 1.165) is 32.1 Å². The summed E-state index contributed by atoms with van der Waals surface area (Å²) in [6, 6.07) is 30.0. The number of hydrogen-bond acceptors (Lipinski definition) is 4. The number of nitrogens with zero attached hydrogens (tertiary/aromatic N) is 2. The number of hydrogen-bond donors (Lipinski definition) is 1. The third-order valence-corrected chi connectivity index (χ3v) is 9.26. The number of amides is 2. The fourth-order valence-corrected chi connectivity index (χ4v) is 6.74. The number of nitrogens with one attached hydrogen (secondary N) is 1. The van der Waals surface area contributed by atoms with Crippen molar-refractivity contribution in [3.63, 3.8) is 0 Å². The minimum Gasteiger partial charge on any atom is -0.350 e. The molecule has 1 atom stereocenters. The summed E-state index contributed by atoms with van der Waals surface area (Å²) >= 11 is 0. The summed E-state index contributed by atoms with van der Waals surface area (Å²) in [4.78, 5) is 30.3. The van der Waals surface area contributed by atoms with Crippen molar-refractivity contribution in [1.29, 1.82) is 0 Å². The number of carbonyl (C=O) groups excluding carboxylic acids is 2. The average Bonchev–Trinajstić information content (AvgIpc) is 2.98. The van der Waals surface area contributed by atoms with Crippen LogP contribution in [0.15, 0.2) is 108 Å². The smallest absolute Gasteiger partial charge is 0.264 e. The van der Waals surface area contributed by atoms with Crippen LogP contribution in [0.1, 0.15) is 48.6 Å². The van der Waals surface area contributed by atoms with Gasteiger partial charge in [-0.1, -0.05) is 78.9 Å². The zero-order chi connectivity index (χ0) is 32.8. The van der Waals surface area contributed by atoms with Gasteiger partial charge in [-0.05, 0) is 93.6 Å². The van der Waals surface area contributed by atoms with Crippen LogP contribution in [0.25, 0.3) is 0 Å². The second-order valence-corrected chi connectivity index (χ2v) is 14.4. The van der Waals surface area contributed by atoms with Gasteiger partial charge < -0.3 is 10.2 Å². The molecule has 4 rings (SSSR count). The normalized spacial score (nSPS) is 12.3. The zero-order valence-corrected chi connectivity index (χ0v) is 27.8. The molecule has 45 heavy (non-hydrogen) atoms. The Bertz CT molecular complexity index is 1710. The monoisotopic (exact) mass is 625 g/mol. The maximum atomic E-state index is 14.6. The van der Waals surface area contributed by atoms with Crippen molar-refractivity contribution in [2.24, 2.45) is 0 Å². The van der Waals surface area contributed by atoms with E-state index in [9.17, 15) is 18.0 Å². The molecule has 236 valence electrons. The van der Waals surface area contributed by atoms with Crippen LogP contribution in [-0.2, 0) is 32.6 Å². The minimum absolute atomic E-state index is 0.0775. The average molecular weight is 626 g/mol. The van der Waals surface area contributed by atoms with E-state index in [1.807, 2.05) is 102 Å². The minimum atomic E-state index is -4.15. The Morgan fingerprint density at radius 2 is 1.33 bits per heavy atom. The Balaban J connectivity index is 1.84. The number of rotatable bonds is 11. The highest BCUT2D eigenvalue weighted by atomic mass is 32.2. The van der Waals surface area contributed by atoms with E-state index in [4.69, 9.17) is 0 Å². The van der Waals surface area contributed by atoms with Gasteiger partial charge in [-0.15, -0.1) is 0 Å². The van der Waals surface area contributed by atoms with Gasteiger partial charge in [-0.3, -0.25) is 13.9 Å². The lowest BCUT2D eigenvalue weighted by Gasteiger charge is -2.35. The van der Waals surface area contributed by atoms with Crippen molar-refractivity contribution < 1.29 is 18.0 Å². The van der Waals surface area contributed by atoms with Gasteiger partial charge in [0.15, 0.2) is 0 Å². The molecule has 2 amide bonds. The molecule has 0 aliphatic carbocycles. The molecule has 8 heteroatoms. The van der Waals surface area contributed by atoms with E-state index in [-0.39, 0.29) is 23.8 Å². The zero-order valence-electron chi connectivity index (χ0n) is 26.9. The molecule has 0 unspecified atom stereocenters. The fourth-order valence-electron chi connectivity index (χ4n) is 5.32. The van der Waals surface area contributed by atoms with E-state index in [1.165, 1.54) is 17.0 Å². The lowest BCUT2D eigenvalue weighted by Crippen LogP contribution is -2.56. The van der Waals surface area contributed by atoms with Gasteiger partial charge >= 0.3 is 0 Å². The molecule has 0 saturated heterocycles. The van der Waals surface area contributed by atoms with Crippen LogP contribution < -0.4 is 9.62 Å². The van der Waals surface area contributed by atoms with E-state index >= 15 is 0 Å². The second kappa shape index (κ2) is 14.1. The predicted octanol–water partition coefficient (Wildman–Crippen LogP) is 6.36. The number of aryl methyl sites for hydroxylation is 3. The molecule has 0 aliphatic rings. The summed E-state index contributed by atoms with van der Waals surface area (Å²) in [5.74, 6) is -0.793. The molecule has 0 spiro atoms. The third kappa shape index (κ3) is 8.82. The fraction of sp³-hybridized carbons (Fsp3) is 0.297. The van der Waals surface area contributed by atoms with Crippen LogP contribution in [0.5, 0.6) is 0 Å². The summed E-state index contributed by atoms with van der Waals surface area (Å²) in [6.45, 7) is 11.1. The second-order valence-electron chi connectivity index (χ2n) is 12.6. The molecule has 4 aromatic rings. The molecule has 0 aliphatic heterocycles. The Labute approximate surface area is 268 Å². The highest BCUT2D eigenvalue weighted by Gasteiger charge is 2.35. The van der Waals surface area contributed by atoms with Gasteiger partial charge in [0.1, 0.15) is 12.6 Å². The molecule has 0 heterocycles. The summed E-state index contributed by atoms with van der Waals surface area (Å²) < 4.78 is 29.5. The quantitative estimate of drug-likeness (QED) is 0.210. The Hall–Kier alpha value is -4.43. The molecular formula is C37H43N3O4S. The van der Waals surface area contributed by atoms with Crippen LogP contribution in [0.4, 0.5) is 5.69 Å². The summed E-state index contributed by atoms with van der Waals surface area (Å²) in [7, 11) is -4.15. The lowest BCUT2D eigenvalue weighted by molar-refractivity contribution is -0.140. The van der Waals surface area contributed by atoms with E-state index in [2.05, 4.69) is 5.32 Å². The van der Waals surface area contributed by atoms with Crippen molar-refractivity contribution in [3.05, 3.63) is 131 Å². The highest BCUT2D eigenvalue weighted by Crippen LogP contribution is 2.27. The van der Waals surface area contributed by atoms with Crippen molar-refractivity contribution >= 4 is 27.5 Å². The van der Waals surface area contributed by atoms with Crippen LogP contribution in [0, 0.1) is 20.8 Å². The SMILES string of the molecule is Cc1cc(C)cc(N(CC(=O)N(Cc2ccccc2C)[C@H](Cc2ccccc2)C(=O)NC(C)(C)C)S(=O)(=O)c2ccccc2)c1. The Morgan fingerprint density at radius 3 is 1.91 bits per heavy atom. The van der Waals surface area contributed by atoms with Gasteiger partial charge in [0.25, 0.3) is 10.0 Å². The molecule has 0 radical (unpaired) electrons. The topological polar surface area (TPSA) is 86.8 Å². The van der Waals surface area contributed by atoms with Crippen LogP contribution >= 0.6 is 0 Å². The molecule has 0 bridgehead atoms. The van der Waals surface area contributed by atoms with Gasteiger partial charge in [0.2, 0.25) is 11.8 Å². The van der Waals surface area contributed by atoms with Gasteiger partial charge in [0, 0.05) is 18.5 Å². The number of carbonyl (C=O) groups is 2. The number of anilines is 1. The molecule has 4 aromatic carbocycles. The van der Waals surface area contributed by atoms with Gasteiger partial charge in [-0.2, -0.15) is 0 Å². The van der Waals surface area contributed by atoms with Crippen LogP contribution in [0.3, 0.4) is 0 Å².